The Morgan fingerprint density at radius 1 is 1.29 bits per heavy atom. The number of carbonyl (C=O) groups is 1. The first-order valence-corrected chi connectivity index (χ1v) is 5.36. The van der Waals surface area contributed by atoms with Crippen molar-refractivity contribution in [2.75, 3.05) is 6.61 Å². The van der Waals surface area contributed by atoms with Crippen LogP contribution in [0.4, 0.5) is 8.78 Å². The summed E-state index contributed by atoms with van der Waals surface area (Å²) in [6, 6.07) is 3.11. The summed E-state index contributed by atoms with van der Waals surface area (Å²) in [6.07, 6.45) is -0.419. The Morgan fingerprint density at radius 3 is 2.53 bits per heavy atom. The van der Waals surface area contributed by atoms with Crippen LogP contribution >= 0.6 is 0 Å². The number of hydrogen-bond acceptors (Lipinski definition) is 3. The number of esters is 1. The van der Waals surface area contributed by atoms with E-state index in [1.165, 1.54) is 6.07 Å². The zero-order valence-electron chi connectivity index (χ0n) is 9.70. The van der Waals surface area contributed by atoms with E-state index in [2.05, 4.69) is 0 Å². The minimum absolute atomic E-state index is 0.101. The summed E-state index contributed by atoms with van der Waals surface area (Å²) in [7, 11) is 0. The Hall–Kier alpha value is -1.65. The molecule has 1 aromatic carbocycles. The lowest BCUT2D eigenvalue weighted by Gasteiger charge is -2.15. The molecule has 1 unspecified atom stereocenters. The van der Waals surface area contributed by atoms with E-state index in [0.29, 0.717) is 6.42 Å². The first kappa shape index (κ1) is 13.4. The smallest absolute Gasteiger partial charge is 0.347 e. The molecule has 0 saturated heterocycles. The van der Waals surface area contributed by atoms with Gasteiger partial charge in [0.15, 0.2) is 17.7 Å². The van der Waals surface area contributed by atoms with E-state index in [1.54, 1.807) is 13.8 Å². The topological polar surface area (TPSA) is 35.5 Å². The maximum Gasteiger partial charge on any atom is 0.347 e. The Labute approximate surface area is 98.3 Å². The number of halogens is 2. The molecule has 5 heteroatoms. The average molecular weight is 244 g/mol. The fraction of sp³-hybridized carbons (Fsp3) is 0.417. The Kier molecular flexibility index (Phi) is 4.87. The normalized spacial score (nSPS) is 12.0. The van der Waals surface area contributed by atoms with Crippen LogP contribution in [-0.4, -0.2) is 18.7 Å². The Morgan fingerprint density at radius 2 is 2.00 bits per heavy atom. The first-order chi connectivity index (χ1) is 8.08. The second-order valence-corrected chi connectivity index (χ2v) is 3.34. The number of benzene rings is 1. The van der Waals surface area contributed by atoms with E-state index < -0.39 is 23.7 Å². The number of carbonyl (C=O) groups excluding carboxylic acids is 1. The molecule has 1 aromatic rings. The molecule has 0 N–H and O–H groups in total. The fourth-order valence-electron chi connectivity index (χ4n) is 1.25. The monoisotopic (exact) mass is 244 g/mol. The molecule has 94 valence electrons. The summed E-state index contributed by atoms with van der Waals surface area (Å²) in [4.78, 5) is 11.4. The van der Waals surface area contributed by atoms with Crippen molar-refractivity contribution < 1.29 is 23.0 Å². The van der Waals surface area contributed by atoms with Crippen LogP contribution in [0, 0.1) is 11.6 Å². The molecule has 0 aliphatic rings. The summed E-state index contributed by atoms with van der Waals surface area (Å²) in [5, 5.41) is 0. The second kappa shape index (κ2) is 6.18. The predicted molar refractivity (Wildman–Crippen MR) is 57.7 cm³/mol. The van der Waals surface area contributed by atoms with Crippen LogP contribution in [0.3, 0.4) is 0 Å². The molecular weight excluding hydrogens is 230 g/mol. The van der Waals surface area contributed by atoms with Crippen LogP contribution < -0.4 is 4.74 Å². The van der Waals surface area contributed by atoms with Gasteiger partial charge in [-0.05, 0) is 25.5 Å². The molecule has 0 spiro atoms. The molecule has 17 heavy (non-hydrogen) atoms. The molecule has 0 amide bonds. The molecule has 0 saturated carbocycles. The SMILES string of the molecule is CCOC(=O)C(CC)Oc1ccc(F)c(F)c1. The van der Waals surface area contributed by atoms with E-state index in [4.69, 9.17) is 9.47 Å². The quantitative estimate of drug-likeness (QED) is 0.747. The van der Waals surface area contributed by atoms with Crippen LogP contribution in [0.2, 0.25) is 0 Å². The van der Waals surface area contributed by atoms with Gasteiger partial charge in [0.2, 0.25) is 0 Å². The molecule has 1 atom stereocenters. The van der Waals surface area contributed by atoms with Gasteiger partial charge in [0.1, 0.15) is 5.75 Å². The van der Waals surface area contributed by atoms with E-state index in [-0.39, 0.29) is 12.4 Å². The molecule has 0 heterocycles. The van der Waals surface area contributed by atoms with Crippen LogP contribution in [0.5, 0.6) is 5.75 Å². The van der Waals surface area contributed by atoms with Gasteiger partial charge in [0.05, 0.1) is 6.61 Å². The van der Waals surface area contributed by atoms with Gasteiger partial charge in [0, 0.05) is 6.07 Å². The number of ether oxygens (including phenoxy) is 2. The van der Waals surface area contributed by atoms with Gasteiger partial charge < -0.3 is 9.47 Å². The van der Waals surface area contributed by atoms with Crippen LogP contribution in [-0.2, 0) is 9.53 Å². The third-order valence-corrected chi connectivity index (χ3v) is 2.09. The van der Waals surface area contributed by atoms with Crippen molar-refractivity contribution >= 4 is 5.97 Å². The molecule has 0 fully saturated rings. The standard InChI is InChI=1S/C12H14F2O3/c1-3-11(12(15)16-4-2)17-8-5-6-9(13)10(14)7-8/h5-7,11H,3-4H2,1-2H3. The lowest BCUT2D eigenvalue weighted by molar-refractivity contribution is -0.151. The highest BCUT2D eigenvalue weighted by molar-refractivity contribution is 5.75. The van der Waals surface area contributed by atoms with Gasteiger partial charge in [-0.3, -0.25) is 0 Å². The summed E-state index contributed by atoms with van der Waals surface area (Å²) in [5.41, 5.74) is 0. The van der Waals surface area contributed by atoms with Crippen molar-refractivity contribution in [2.24, 2.45) is 0 Å². The van der Waals surface area contributed by atoms with Crippen LogP contribution in [0.25, 0.3) is 0 Å². The maximum absolute atomic E-state index is 12.9. The third kappa shape index (κ3) is 3.69. The largest absolute Gasteiger partial charge is 0.479 e. The molecule has 0 aliphatic heterocycles. The minimum Gasteiger partial charge on any atom is -0.479 e. The van der Waals surface area contributed by atoms with E-state index in [0.717, 1.165) is 12.1 Å². The van der Waals surface area contributed by atoms with Crippen molar-refractivity contribution in [1.29, 1.82) is 0 Å². The lowest BCUT2D eigenvalue weighted by Crippen LogP contribution is -2.28. The van der Waals surface area contributed by atoms with Crippen molar-refractivity contribution in [3.63, 3.8) is 0 Å². The third-order valence-electron chi connectivity index (χ3n) is 2.09. The van der Waals surface area contributed by atoms with Crippen molar-refractivity contribution in [3.8, 4) is 5.75 Å². The van der Waals surface area contributed by atoms with E-state index in [9.17, 15) is 13.6 Å². The van der Waals surface area contributed by atoms with Gasteiger partial charge >= 0.3 is 5.97 Å². The number of hydrogen-bond donors (Lipinski definition) is 0. The van der Waals surface area contributed by atoms with E-state index in [1.807, 2.05) is 0 Å². The van der Waals surface area contributed by atoms with Gasteiger partial charge in [0.25, 0.3) is 0 Å². The predicted octanol–water partition coefficient (Wildman–Crippen LogP) is 2.69. The summed E-state index contributed by atoms with van der Waals surface area (Å²) < 4.78 is 35.6. The van der Waals surface area contributed by atoms with E-state index >= 15 is 0 Å². The lowest BCUT2D eigenvalue weighted by atomic mass is 10.2. The molecule has 0 radical (unpaired) electrons. The van der Waals surface area contributed by atoms with Crippen molar-refractivity contribution in [1.82, 2.24) is 0 Å². The van der Waals surface area contributed by atoms with Crippen molar-refractivity contribution in [3.05, 3.63) is 29.8 Å². The molecule has 0 aliphatic carbocycles. The molecule has 1 rings (SSSR count). The highest BCUT2D eigenvalue weighted by Gasteiger charge is 2.20. The highest BCUT2D eigenvalue weighted by atomic mass is 19.2. The summed E-state index contributed by atoms with van der Waals surface area (Å²) >= 11 is 0. The molecule has 0 bridgehead atoms. The number of rotatable bonds is 5. The second-order valence-electron chi connectivity index (χ2n) is 3.34. The molecular formula is C12H14F2O3. The molecule has 0 aromatic heterocycles. The van der Waals surface area contributed by atoms with Crippen LogP contribution in [0.15, 0.2) is 18.2 Å². The Bertz CT molecular complexity index is 393. The van der Waals surface area contributed by atoms with Crippen molar-refractivity contribution in [2.45, 2.75) is 26.4 Å². The zero-order chi connectivity index (χ0) is 12.8. The van der Waals surface area contributed by atoms with Gasteiger partial charge in [-0.15, -0.1) is 0 Å². The fourth-order valence-corrected chi connectivity index (χ4v) is 1.25. The van der Waals surface area contributed by atoms with Crippen LogP contribution in [0.1, 0.15) is 20.3 Å². The molecule has 3 nitrogen and oxygen atoms in total. The Balaban J connectivity index is 2.73. The maximum atomic E-state index is 12.9. The summed E-state index contributed by atoms with van der Waals surface area (Å²) in [6.45, 7) is 3.67. The highest BCUT2D eigenvalue weighted by Crippen LogP contribution is 2.18. The summed E-state index contributed by atoms with van der Waals surface area (Å²) in [5.74, 6) is -2.38. The first-order valence-electron chi connectivity index (χ1n) is 5.36. The minimum atomic E-state index is -1.01. The van der Waals surface area contributed by atoms with Gasteiger partial charge in [-0.1, -0.05) is 6.92 Å². The zero-order valence-corrected chi connectivity index (χ0v) is 9.70. The van der Waals surface area contributed by atoms with Gasteiger partial charge in [-0.25, -0.2) is 13.6 Å². The van der Waals surface area contributed by atoms with Gasteiger partial charge in [-0.2, -0.15) is 0 Å². The average Bonchev–Trinajstić information content (AvgIpc) is 2.30.